The lowest BCUT2D eigenvalue weighted by Gasteiger charge is -2.29. The number of H-pyrrole nitrogens is 1. The highest BCUT2D eigenvalue weighted by Gasteiger charge is 2.46. The molecule has 6 atom stereocenters. The van der Waals surface area contributed by atoms with Gasteiger partial charge in [0.2, 0.25) is 0 Å². The van der Waals surface area contributed by atoms with Crippen molar-refractivity contribution in [2.75, 3.05) is 13.2 Å². The summed E-state index contributed by atoms with van der Waals surface area (Å²) in [6.07, 6.45) is -4.35. The molecule has 11 nitrogen and oxygen atoms in total. The molecule has 4 rings (SSSR count). The Hall–Kier alpha value is -1.82. The molecular formula is C18H20ClN2O9P. The Labute approximate surface area is 180 Å². The first-order valence-corrected chi connectivity index (χ1v) is 11.3. The second kappa shape index (κ2) is 8.97. The Morgan fingerprint density at radius 3 is 2.81 bits per heavy atom. The molecule has 2 saturated heterocycles. The predicted molar refractivity (Wildman–Crippen MR) is 107 cm³/mol. The monoisotopic (exact) mass is 474 g/mol. The van der Waals surface area contributed by atoms with Gasteiger partial charge < -0.3 is 14.9 Å². The fourth-order valence-corrected chi connectivity index (χ4v) is 4.99. The van der Waals surface area contributed by atoms with Crippen LogP contribution in [0.5, 0.6) is 0 Å². The number of hydrogen-bond donors (Lipinski definition) is 3. The Bertz CT molecular complexity index is 1110. The van der Waals surface area contributed by atoms with Crippen LogP contribution < -0.4 is 11.2 Å². The number of rotatable bonds is 5. The van der Waals surface area contributed by atoms with Crippen LogP contribution in [0, 0.1) is 0 Å². The first kappa shape index (κ1) is 22.4. The molecule has 3 N–H and O–H groups in total. The van der Waals surface area contributed by atoms with E-state index in [0.29, 0.717) is 17.0 Å². The highest BCUT2D eigenvalue weighted by molar-refractivity contribution is 7.48. The minimum absolute atomic E-state index is 0.112. The lowest BCUT2D eigenvalue weighted by Crippen LogP contribution is -2.37. The van der Waals surface area contributed by atoms with Crippen LogP contribution in [-0.2, 0) is 22.9 Å². The summed E-state index contributed by atoms with van der Waals surface area (Å²) in [6.45, 7) is -0.326. The summed E-state index contributed by atoms with van der Waals surface area (Å²) in [6, 6.07) is 7.99. The van der Waals surface area contributed by atoms with Crippen molar-refractivity contribution in [2.45, 2.75) is 37.1 Å². The molecule has 3 heterocycles. The minimum atomic E-state index is -3.99. The smallest absolute Gasteiger partial charge is 0.387 e. The number of halogens is 1. The van der Waals surface area contributed by atoms with Crippen LogP contribution in [0.25, 0.3) is 0 Å². The Morgan fingerprint density at radius 2 is 2.06 bits per heavy atom. The molecule has 0 amide bonds. The van der Waals surface area contributed by atoms with Crippen LogP contribution in [0.3, 0.4) is 0 Å². The second-order valence-electron chi connectivity index (χ2n) is 7.08. The van der Waals surface area contributed by atoms with E-state index >= 15 is 0 Å². The molecule has 0 saturated carbocycles. The molecule has 0 radical (unpaired) electrons. The molecule has 13 heteroatoms. The lowest BCUT2D eigenvalue weighted by molar-refractivity contribution is -0.0610. The zero-order valence-corrected chi connectivity index (χ0v) is 17.6. The number of nitrogens with zero attached hydrogens (tertiary/aromatic N) is 1. The van der Waals surface area contributed by atoms with Crippen molar-refractivity contribution in [3.05, 3.63) is 68.0 Å². The van der Waals surface area contributed by atoms with Crippen molar-refractivity contribution < 1.29 is 33.1 Å². The maximum atomic E-state index is 12.9. The van der Waals surface area contributed by atoms with E-state index in [2.05, 4.69) is 0 Å². The zero-order valence-electron chi connectivity index (χ0n) is 16.0. The van der Waals surface area contributed by atoms with Gasteiger partial charge in [-0.3, -0.25) is 27.9 Å². The van der Waals surface area contributed by atoms with Gasteiger partial charge in [0, 0.05) is 23.7 Å². The van der Waals surface area contributed by atoms with Crippen LogP contribution in [0.4, 0.5) is 0 Å². The van der Waals surface area contributed by atoms with Gasteiger partial charge >= 0.3 is 13.5 Å². The first-order chi connectivity index (χ1) is 14.8. The fourth-order valence-electron chi connectivity index (χ4n) is 3.40. The first-order valence-electron chi connectivity index (χ1n) is 9.42. The standard InChI is InChI=1S/C18H20ClN2O9P/c19-11-3-1-2-10(8-11)12-5-7-27-31(26,30-12)28-9-13-15(23)16(24)17(29-13)21-6-4-14(22)20-18(21)25/h1-4,6,8,12-13,15-17,23-24H,5,7,9H2,(H,20,22,25)/t12-,13-,15?,16?,17-,31?/m0/s1. The van der Waals surface area contributed by atoms with E-state index in [9.17, 15) is 24.4 Å². The molecule has 0 aliphatic carbocycles. The number of hydrogen-bond acceptors (Lipinski definition) is 9. The zero-order chi connectivity index (χ0) is 22.2. The van der Waals surface area contributed by atoms with Crippen molar-refractivity contribution in [3.8, 4) is 0 Å². The summed E-state index contributed by atoms with van der Waals surface area (Å²) in [4.78, 5) is 25.2. The summed E-state index contributed by atoms with van der Waals surface area (Å²) >= 11 is 6.00. The molecule has 2 aliphatic heterocycles. The van der Waals surface area contributed by atoms with Gasteiger partial charge in [-0.25, -0.2) is 9.36 Å². The number of aliphatic hydroxyl groups is 2. The average Bonchev–Trinajstić information content (AvgIpc) is 3.01. The molecule has 168 valence electrons. The van der Waals surface area contributed by atoms with Crippen LogP contribution >= 0.6 is 19.4 Å². The van der Waals surface area contributed by atoms with Crippen molar-refractivity contribution >= 4 is 19.4 Å². The molecular weight excluding hydrogens is 455 g/mol. The van der Waals surface area contributed by atoms with Crippen LogP contribution in [-0.4, -0.2) is 51.3 Å². The lowest BCUT2D eigenvalue weighted by atomic mass is 10.1. The van der Waals surface area contributed by atoms with Gasteiger partial charge in [0.05, 0.1) is 19.3 Å². The number of benzene rings is 1. The van der Waals surface area contributed by atoms with E-state index in [1.807, 2.05) is 4.98 Å². The molecule has 31 heavy (non-hydrogen) atoms. The highest BCUT2D eigenvalue weighted by atomic mass is 35.5. The molecule has 2 aromatic rings. The summed E-state index contributed by atoms with van der Waals surface area (Å²) < 4.78 is 35.4. The maximum absolute atomic E-state index is 12.9. The Kier molecular flexibility index (Phi) is 6.47. The van der Waals surface area contributed by atoms with Gasteiger partial charge in [-0.15, -0.1) is 0 Å². The van der Waals surface area contributed by atoms with Crippen molar-refractivity contribution in [1.29, 1.82) is 0 Å². The van der Waals surface area contributed by atoms with Crippen LogP contribution in [0.15, 0.2) is 46.1 Å². The Balaban J connectivity index is 1.43. The van der Waals surface area contributed by atoms with Gasteiger partial charge in [0.25, 0.3) is 5.56 Å². The molecule has 1 aromatic heterocycles. The number of phosphoric ester groups is 1. The predicted octanol–water partition coefficient (Wildman–Crippen LogP) is 1.11. The van der Waals surface area contributed by atoms with E-state index in [-0.39, 0.29) is 6.61 Å². The van der Waals surface area contributed by atoms with Crippen molar-refractivity contribution in [1.82, 2.24) is 9.55 Å². The molecule has 0 bridgehead atoms. The third-order valence-electron chi connectivity index (χ3n) is 4.97. The largest absolute Gasteiger partial charge is 0.475 e. The van der Waals surface area contributed by atoms with Gasteiger partial charge in [-0.05, 0) is 17.7 Å². The number of nitrogens with one attached hydrogen (secondary N) is 1. The third kappa shape index (κ3) is 4.84. The van der Waals surface area contributed by atoms with Crippen LogP contribution in [0.2, 0.25) is 5.02 Å². The van der Waals surface area contributed by atoms with Crippen LogP contribution in [0.1, 0.15) is 24.3 Å². The van der Waals surface area contributed by atoms with Gasteiger partial charge in [-0.1, -0.05) is 23.7 Å². The highest BCUT2D eigenvalue weighted by Crippen LogP contribution is 2.57. The number of ether oxygens (including phenoxy) is 1. The number of phosphoric acid groups is 1. The SMILES string of the molecule is O=c1ccn([C@H]2O[C@@H](COP3(=O)OCC[C@@H](c4cccc(Cl)c4)O3)C(O)C2O)c(=O)[nH]1. The van der Waals surface area contributed by atoms with E-state index in [4.69, 9.17) is 29.9 Å². The maximum Gasteiger partial charge on any atom is 0.475 e. The summed E-state index contributed by atoms with van der Waals surface area (Å²) in [5.74, 6) is 0. The average molecular weight is 475 g/mol. The summed E-state index contributed by atoms with van der Waals surface area (Å²) in [5.41, 5.74) is -0.723. The van der Waals surface area contributed by atoms with Gasteiger partial charge in [0.15, 0.2) is 6.23 Å². The van der Waals surface area contributed by atoms with Gasteiger partial charge in [0.1, 0.15) is 18.3 Å². The molecule has 2 aliphatic rings. The molecule has 2 fully saturated rings. The normalized spacial score (nSPS) is 33.5. The van der Waals surface area contributed by atoms with Gasteiger partial charge in [-0.2, -0.15) is 0 Å². The molecule has 1 aromatic carbocycles. The fraction of sp³-hybridized carbons (Fsp3) is 0.444. The van der Waals surface area contributed by atoms with E-state index < -0.39 is 56.3 Å². The topological polar surface area (TPSA) is 149 Å². The summed E-state index contributed by atoms with van der Waals surface area (Å²) in [5, 5.41) is 21.1. The number of aliphatic hydroxyl groups excluding tert-OH is 2. The third-order valence-corrected chi connectivity index (χ3v) is 6.68. The molecule has 0 spiro atoms. The number of aromatic nitrogens is 2. The van der Waals surface area contributed by atoms with E-state index in [1.54, 1.807) is 24.3 Å². The Morgan fingerprint density at radius 1 is 1.26 bits per heavy atom. The summed E-state index contributed by atoms with van der Waals surface area (Å²) in [7, 11) is -3.99. The number of aromatic amines is 1. The minimum Gasteiger partial charge on any atom is -0.387 e. The van der Waals surface area contributed by atoms with E-state index in [0.717, 1.165) is 16.8 Å². The van der Waals surface area contributed by atoms with E-state index in [1.165, 1.54) is 0 Å². The quantitative estimate of drug-likeness (QED) is 0.541. The second-order valence-corrected chi connectivity index (χ2v) is 9.14. The van der Waals surface area contributed by atoms with Crippen molar-refractivity contribution in [3.63, 3.8) is 0 Å². The van der Waals surface area contributed by atoms with Crippen molar-refractivity contribution in [2.24, 2.45) is 0 Å². The molecule has 3 unspecified atom stereocenters.